The third-order valence-corrected chi connectivity index (χ3v) is 6.79. The number of hydrogen-bond donors (Lipinski definition) is 3. The normalized spacial score (nSPS) is 14.0. The van der Waals surface area contributed by atoms with E-state index in [0.29, 0.717) is 18.0 Å². The summed E-state index contributed by atoms with van der Waals surface area (Å²) in [7, 11) is -2.50. The molecule has 2 aromatic rings. The van der Waals surface area contributed by atoms with E-state index < -0.39 is 21.8 Å². The van der Waals surface area contributed by atoms with Gasteiger partial charge in [0.25, 0.3) is 5.91 Å². The van der Waals surface area contributed by atoms with Crippen LogP contribution in [0.5, 0.6) is 11.5 Å². The number of benzene rings is 2. The van der Waals surface area contributed by atoms with Gasteiger partial charge in [-0.05, 0) is 62.2 Å². The minimum absolute atomic E-state index is 0.108. The van der Waals surface area contributed by atoms with E-state index in [2.05, 4.69) is 15.4 Å². The fraction of sp³-hybridized carbons (Fsp3) is 0.391. The lowest BCUT2D eigenvalue weighted by atomic mass is 10.2. The van der Waals surface area contributed by atoms with Gasteiger partial charge >= 0.3 is 0 Å². The van der Waals surface area contributed by atoms with Crippen molar-refractivity contribution in [3.05, 3.63) is 48.0 Å². The van der Waals surface area contributed by atoms with Gasteiger partial charge in [0, 0.05) is 17.3 Å². The topological polar surface area (TPSA) is 123 Å². The van der Waals surface area contributed by atoms with Crippen LogP contribution < -0.4 is 24.8 Å². The first kappa shape index (κ1) is 24.5. The Kier molecular flexibility index (Phi) is 8.29. The molecule has 3 N–H and O–H groups in total. The van der Waals surface area contributed by atoms with Crippen molar-refractivity contribution < 1.29 is 27.5 Å². The van der Waals surface area contributed by atoms with E-state index in [0.717, 1.165) is 25.7 Å². The molecular formula is C23H29N3O6S. The van der Waals surface area contributed by atoms with Crippen LogP contribution in [0, 0.1) is 0 Å². The molecule has 0 spiro atoms. The van der Waals surface area contributed by atoms with Crippen LogP contribution in [0.1, 0.15) is 43.0 Å². The first-order valence-electron chi connectivity index (χ1n) is 10.8. The fourth-order valence-electron chi connectivity index (χ4n) is 3.62. The van der Waals surface area contributed by atoms with Crippen molar-refractivity contribution in [2.24, 2.45) is 0 Å². The monoisotopic (exact) mass is 475 g/mol. The van der Waals surface area contributed by atoms with Crippen LogP contribution in [0.3, 0.4) is 0 Å². The number of anilines is 1. The van der Waals surface area contributed by atoms with Crippen molar-refractivity contribution in [1.82, 2.24) is 10.0 Å². The molecule has 0 unspecified atom stereocenters. The Morgan fingerprint density at radius 2 is 1.76 bits per heavy atom. The summed E-state index contributed by atoms with van der Waals surface area (Å²) in [5, 5.41) is 5.19. The molecule has 178 valence electrons. The Hall–Kier alpha value is -3.11. The molecule has 10 heteroatoms. The molecule has 0 bridgehead atoms. The molecule has 9 nitrogen and oxygen atoms in total. The highest BCUT2D eigenvalue weighted by Crippen LogP contribution is 2.27. The highest BCUT2D eigenvalue weighted by molar-refractivity contribution is 7.89. The Bertz CT molecular complexity index is 1080. The molecule has 1 aliphatic rings. The maximum Gasteiger partial charge on any atom is 0.251 e. The second kappa shape index (κ2) is 11.2. The van der Waals surface area contributed by atoms with E-state index in [4.69, 9.17) is 9.47 Å². The number of rotatable bonds is 10. The quantitative estimate of drug-likeness (QED) is 0.486. The summed E-state index contributed by atoms with van der Waals surface area (Å²) in [6.45, 7) is 2.15. The van der Waals surface area contributed by atoms with Gasteiger partial charge in [-0.15, -0.1) is 0 Å². The predicted octanol–water partition coefficient (Wildman–Crippen LogP) is 2.68. The number of carbonyl (C=O) groups excluding carboxylic acids is 2. The van der Waals surface area contributed by atoms with Gasteiger partial charge in [-0.25, -0.2) is 13.1 Å². The van der Waals surface area contributed by atoms with Gasteiger partial charge in [0.15, 0.2) is 0 Å². The lowest BCUT2D eigenvalue weighted by Gasteiger charge is -2.16. The zero-order chi connectivity index (χ0) is 23.8. The molecule has 1 fully saturated rings. The number of ether oxygens (including phenoxy) is 2. The Morgan fingerprint density at radius 1 is 1.06 bits per heavy atom. The van der Waals surface area contributed by atoms with E-state index in [1.54, 1.807) is 24.3 Å². The summed E-state index contributed by atoms with van der Waals surface area (Å²) in [6, 6.07) is 10.9. The van der Waals surface area contributed by atoms with Gasteiger partial charge in [-0.3, -0.25) is 9.59 Å². The second-order valence-electron chi connectivity index (χ2n) is 7.66. The molecule has 33 heavy (non-hydrogen) atoms. The average Bonchev–Trinajstić information content (AvgIpc) is 3.31. The summed E-state index contributed by atoms with van der Waals surface area (Å²) in [4.78, 5) is 24.7. The molecule has 2 aromatic carbocycles. The van der Waals surface area contributed by atoms with Crippen LogP contribution in [-0.4, -0.2) is 46.5 Å². The van der Waals surface area contributed by atoms with Gasteiger partial charge in [0.2, 0.25) is 15.9 Å². The number of methoxy groups -OCH3 is 1. The van der Waals surface area contributed by atoms with E-state index in [9.17, 15) is 18.0 Å². The third-order valence-electron chi connectivity index (χ3n) is 5.25. The highest BCUT2D eigenvalue weighted by atomic mass is 32.2. The molecule has 0 radical (unpaired) electrons. The van der Waals surface area contributed by atoms with Gasteiger partial charge in [-0.1, -0.05) is 12.8 Å². The minimum atomic E-state index is -3.87. The Labute approximate surface area is 193 Å². The number of sulfonamides is 1. The number of nitrogens with one attached hydrogen (secondary N) is 3. The second-order valence-corrected chi connectivity index (χ2v) is 9.34. The molecule has 0 aromatic heterocycles. The Balaban J connectivity index is 1.63. The van der Waals surface area contributed by atoms with Crippen LogP contribution in [0.25, 0.3) is 0 Å². The van der Waals surface area contributed by atoms with Gasteiger partial charge in [0.1, 0.15) is 16.4 Å². The maximum absolute atomic E-state index is 12.9. The first-order valence-corrected chi connectivity index (χ1v) is 12.3. The Morgan fingerprint density at radius 3 is 2.39 bits per heavy atom. The van der Waals surface area contributed by atoms with Crippen molar-refractivity contribution in [2.75, 3.05) is 25.6 Å². The molecule has 0 aliphatic heterocycles. The summed E-state index contributed by atoms with van der Waals surface area (Å²) in [6.07, 6.45) is 3.52. The van der Waals surface area contributed by atoms with Crippen LogP contribution in [0.2, 0.25) is 0 Å². The van der Waals surface area contributed by atoms with Crippen LogP contribution in [-0.2, 0) is 14.8 Å². The van der Waals surface area contributed by atoms with Crippen molar-refractivity contribution in [3.8, 4) is 11.5 Å². The number of hydrogen-bond acceptors (Lipinski definition) is 6. The smallest absolute Gasteiger partial charge is 0.251 e. The first-order chi connectivity index (χ1) is 15.8. The molecule has 1 saturated carbocycles. The molecule has 2 amide bonds. The molecule has 0 saturated heterocycles. The summed E-state index contributed by atoms with van der Waals surface area (Å²) in [5.41, 5.74) is 0.671. The van der Waals surface area contributed by atoms with Crippen LogP contribution >= 0.6 is 0 Å². The predicted molar refractivity (Wildman–Crippen MR) is 124 cm³/mol. The summed E-state index contributed by atoms with van der Waals surface area (Å²) < 4.78 is 39.0. The van der Waals surface area contributed by atoms with Crippen LogP contribution in [0.15, 0.2) is 47.4 Å². The highest BCUT2D eigenvalue weighted by Gasteiger charge is 2.26. The fourth-order valence-corrected chi connectivity index (χ4v) is 5.12. The average molecular weight is 476 g/mol. The maximum atomic E-state index is 12.9. The number of carbonyl (C=O) groups is 2. The standard InChI is InChI=1S/C23H29N3O6S/c1-3-32-19-11-9-17(10-12-19)25-22(27)15-24-23(28)16-8-13-20(31-2)21(14-16)33(29,30)26-18-6-4-5-7-18/h8-14,18,26H,3-7,15H2,1-2H3,(H,24,28)(H,25,27). The van der Waals surface area contributed by atoms with Gasteiger partial charge in [0.05, 0.1) is 20.3 Å². The van der Waals surface area contributed by atoms with Crippen molar-refractivity contribution >= 4 is 27.5 Å². The molecule has 3 rings (SSSR count). The lowest BCUT2D eigenvalue weighted by Crippen LogP contribution is -2.34. The zero-order valence-electron chi connectivity index (χ0n) is 18.7. The largest absolute Gasteiger partial charge is 0.495 e. The summed E-state index contributed by atoms with van der Waals surface area (Å²) in [5.74, 6) is -0.157. The summed E-state index contributed by atoms with van der Waals surface area (Å²) >= 11 is 0. The number of amides is 2. The van der Waals surface area contributed by atoms with Gasteiger partial charge in [-0.2, -0.15) is 0 Å². The van der Waals surface area contributed by atoms with Crippen LogP contribution in [0.4, 0.5) is 5.69 Å². The lowest BCUT2D eigenvalue weighted by molar-refractivity contribution is -0.115. The van der Waals surface area contributed by atoms with Crippen molar-refractivity contribution in [3.63, 3.8) is 0 Å². The molecular weight excluding hydrogens is 446 g/mol. The minimum Gasteiger partial charge on any atom is -0.495 e. The molecule has 1 aliphatic carbocycles. The molecule has 0 heterocycles. The zero-order valence-corrected chi connectivity index (χ0v) is 19.5. The van der Waals surface area contributed by atoms with Crippen molar-refractivity contribution in [2.45, 2.75) is 43.5 Å². The van der Waals surface area contributed by atoms with E-state index in [1.807, 2.05) is 6.92 Å². The van der Waals surface area contributed by atoms with Crippen molar-refractivity contribution in [1.29, 1.82) is 0 Å². The SMILES string of the molecule is CCOc1ccc(NC(=O)CNC(=O)c2ccc(OC)c(S(=O)(=O)NC3CCCC3)c2)cc1. The van der Waals surface area contributed by atoms with E-state index in [1.165, 1.54) is 25.3 Å². The van der Waals surface area contributed by atoms with E-state index in [-0.39, 0.29) is 28.8 Å². The third kappa shape index (κ3) is 6.69. The molecule has 0 atom stereocenters. The van der Waals surface area contributed by atoms with E-state index >= 15 is 0 Å². The van der Waals surface area contributed by atoms with Gasteiger partial charge < -0.3 is 20.1 Å².